The number of hydrogen-bond donors (Lipinski definition) is 11. The highest BCUT2D eigenvalue weighted by molar-refractivity contribution is 7.98. The molecule has 0 aliphatic rings. The first-order valence-electron chi connectivity index (χ1n) is 21.2. The molecule has 1 aromatic heterocycles. The maximum Gasteiger partial charge on any atom is 0.326 e. The second kappa shape index (κ2) is 28.0. The highest BCUT2D eigenvalue weighted by Gasteiger charge is 2.34. The largest absolute Gasteiger partial charge is 0.508 e. The Morgan fingerprint density at radius 2 is 1.09 bits per heavy atom. The molecular weight excluding hydrogens is 895 g/mol. The van der Waals surface area contributed by atoms with Gasteiger partial charge in [-0.2, -0.15) is 23.5 Å². The highest BCUT2D eigenvalue weighted by atomic mass is 32.2. The van der Waals surface area contributed by atoms with Gasteiger partial charge in [0, 0.05) is 24.7 Å². The maximum absolute atomic E-state index is 14.4. The van der Waals surface area contributed by atoms with Gasteiger partial charge in [-0.1, -0.05) is 56.3 Å². The lowest BCUT2D eigenvalue weighted by Crippen LogP contribution is -2.60. The number of carbonyl (C=O) groups excluding carboxylic acids is 6. The number of benzene rings is 2. The summed E-state index contributed by atoms with van der Waals surface area (Å²) in [5, 5.41) is 44.0. The molecule has 0 aliphatic heterocycles. The Balaban J connectivity index is 1.89. The second-order valence-electron chi connectivity index (χ2n) is 15.9. The lowest BCUT2D eigenvalue weighted by molar-refractivity contribution is -0.147. The van der Waals surface area contributed by atoms with Crippen LogP contribution in [0.4, 0.5) is 0 Å². The Morgan fingerprint density at radius 1 is 0.621 bits per heavy atom. The van der Waals surface area contributed by atoms with Gasteiger partial charge in [-0.25, -0.2) is 9.78 Å². The summed E-state index contributed by atoms with van der Waals surface area (Å²) in [6.07, 6.45) is 5.79. The van der Waals surface area contributed by atoms with Crippen molar-refractivity contribution in [3.8, 4) is 5.75 Å². The summed E-state index contributed by atoms with van der Waals surface area (Å²) in [6.45, 7) is 3.60. The third-order valence-corrected chi connectivity index (χ3v) is 11.4. The Kier molecular flexibility index (Phi) is 23.0. The predicted octanol–water partition coefficient (Wildman–Crippen LogP) is 0.491. The molecule has 0 spiro atoms. The van der Waals surface area contributed by atoms with Gasteiger partial charge < -0.3 is 57.9 Å². The van der Waals surface area contributed by atoms with Crippen LogP contribution < -0.4 is 37.6 Å². The average molecular weight is 956 g/mol. The Labute approximate surface area is 391 Å². The van der Waals surface area contributed by atoms with E-state index in [1.165, 1.54) is 48.2 Å². The molecule has 66 heavy (non-hydrogen) atoms. The van der Waals surface area contributed by atoms with Gasteiger partial charge in [-0.15, -0.1) is 0 Å². The van der Waals surface area contributed by atoms with E-state index in [0.717, 1.165) is 0 Å². The number of carboxylic acid groups (broad SMARTS) is 2. The van der Waals surface area contributed by atoms with Crippen LogP contribution in [0.1, 0.15) is 56.4 Å². The Bertz CT molecular complexity index is 2060. The van der Waals surface area contributed by atoms with Crippen LogP contribution in [0, 0.1) is 5.92 Å². The number of thioether (sulfide) groups is 2. The van der Waals surface area contributed by atoms with Crippen molar-refractivity contribution < 1.29 is 53.7 Å². The number of imidazole rings is 1. The molecule has 0 bridgehead atoms. The minimum atomic E-state index is -1.77. The first-order chi connectivity index (χ1) is 31.4. The number of H-pyrrole nitrogens is 1. The molecule has 0 unspecified atom stereocenters. The van der Waals surface area contributed by atoms with Crippen LogP contribution in [0.5, 0.6) is 5.75 Å². The number of carboxylic acids is 2. The van der Waals surface area contributed by atoms with E-state index in [1.54, 1.807) is 62.6 Å². The van der Waals surface area contributed by atoms with Crippen molar-refractivity contribution in [2.75, 3.05) is 24.0 Å². The molecule has 0 saturated heterocycles. The van der Waals surface area contributed by atoms with Crippen LogP contribution >= 0.6 is 23.5 Å². The van der Waals surface area contributed by atoms with Gasteiger partial charge in [0.25, 0.3) is 0 Å². The molecule has 0 aliphatic carbocycles. The van der Waals surface area contributed by atoms with Crippen LogP contribution in [0.3, 0.4) is 0 Å². The van der Waals surface area contributed by atoms with Crippen molar-refractivity contribution in [1.82, 2.24) is 41.9 Å². The molecule has 3 rings (SSSR count). The number of aliphatic carboxylic acids is 2. The summed E-state index contributed by atoms with van der Waals surface area (Å²) in [4.78, 5) is 113. The number of carbonyl (C=O) groups is 8. The number of nitrogens with one attached hydrogen (secondary N) is 7. The van der Waals surface area contributed by atoms with Gasteiger partial charge in [0.05, 0.1) is 18.8 Å². The first-order valence-corrected chi connectivity index (χ1v) is 24.0. The Hall–Kier alpha value is -6.13. The quantitative estimate of drug-likeness (QED) is 0.0451. The number of amides is 6. The van der Waals surface area contributed by atoms with E-state index >= 15 is 0 Å². The molecule has 22 heteroatoms. The molecule has 7 atom stereocenters. The second-order valence-corrected chi connectivity index (χ2v) is 17.9. The van der Waals surface area contributed by atoms with Crippen molar-refractivity contribution in [3.63, 3.8) is 0 Å². The van der Waals surface area contributed by atoms with Crippen LogP contribution in [0.25, 0.3) is 0 Å². The van der Waals surface area contributed by atoms with Gasteiger partial charge in [0.15, 0.2) is 0 Å². The molecule has 12 N–H and O–H groups in total. The van der Waals surface area contributed by atoms with Crippen LogP contribution in [0.2, 0.25) is 0 Å². The summed E-state index contributed by atoms with van der Waals surface area (Å²) in [5.41, 5.74) is 8.03. The number of nitrogens with zero attached hydrogens (tertiary/aromatic N) is 1. The molecule has 2 aromatic carbocycles. The number of aromatic nitrogens is 2. The molecule has 0 saturated carbocycles. The molecule has 360 valence electrons. The summed E-state index contributed by atoms with van der Waals surface area (Å²) in [6, 6.07) is 5.90. The van der Waals surface area contributed by atoms with Gasteiger partial charge in [-0.3, -0.25) is 33.6 Å². The normalized spacial score (nSPS) is 14.3. The van der Waals surface area contributed by atoms with Crippen molar-refractivity contribution >= 4 is 70.9 Å². The number of phenolic OH excluding ortho intramolecular Hbond substituents is 1. The third-order valence-electron chi connectivity index (χ3n) is 10.1. The van der Waals surface area contributed by atoms with E-state index in [2.05, 4.69) is 41.9 Å². The molecule has 6 amide bonds. The molecule has 3 aromatic rings. The van der Waals surface area contributed by atoms with E-state index in [1.807, 2.05) is 6.26 Å². The van der Waals surface area contributed by atoms with Crippen molar-refractivity contribution in [2.45, 2.75) is 101 Å². The maximum atomic E-state index is 14.4. The third kappa shape index (κ3) is 19.1. The number of nitrogens with two attached hydrogens (primary N) is 1. The lowest BCUT2D eigenvalue weighted by atomic mass is 10.0. The van der Waals surface area contributed by atoms with Crippen LogP contribution in [0.15, 0.2) is 67.1 Å². The van der Waals surface area contributed by atoms with Crippen LogP contribution in [-0.4, -0.2) is 139 Å². The first kappa shape index (κ1) is 54.2. The molecule has 0 fully saturated rings. The van der Waals surface area contributed by atoms with Crippen molar-refractivity contribution in [1.29, 1.82) is 0 Å². The zero-order valence-electron chi connectivity index (χ0n) is 37.3. The minimum absolute atomic E-state index is 0.0204. The minimum Gasteiger partial charge on any atom is -0.508 e. The highest BCUT2D eigenvalue weighted by Crippen LogP contribution is 2.13. The number of aromatic amines is 1. The Morgan fingerprint density at radius 3 is 1.59 bits per heavy atom. The van der Waals surface area contributed by atoms with Gasteiger partial charge >= 0.3 is 11.9 Å². The van der Waals surface area contributed by atoms with E-state index in [0.29, 0.717) is 28.3 Å². The summed E-state index contributed by atoms with van der Waals surface area (Å²) < 4.78 is 0. The molecule has 20 nitrogen and oxygen atoms in total. The number of rotatable bonds is 29. The zero-order chi connectivity index (χ0) is 48.8. The summed E-state index contributed by atoms with van der Waals surface area (Å²) in [5.74, 6) is -6.90. The predicted molar refractivity (Wildman–Crippen MR) is 249 cm³/mol. The smallest absolute Gasteiger partial charge is 0.326 e. The average Bonchev–Trinajstić information content (AvgIpc) is 3.79. The lowest BCUT2D eigenvalue weighted by Gasteiger charge is -2.28. The van der Waals surface area contributed by atoms with Crippen molar-refractivity contribution in [2.24, 2.45) is 11.7 Å². The monoisotopic (exact) mass is 955 g/mol. The fraction of sp³-hybridized carbons (Fsp3) is 0.477. The summed E-state index contributed by atoms with van der Waals surface area (Å²) >= 11 is 2.79. The SMILES string of the molecule is CSCC[C@H](NC(=O)[C@H](CC(C)C)NC(=O)[C@H](Cc1cnc[nH]1)NC(=O)[C@H](Cc1ccccc1)NC(=O)[C@H](CCSC)NC(=O)[C@@H](N)Cc1ccc(O)cc1)C(=O)N[C@@H](CC(=O)O)C(=O)O. The van der Waals surface area contributed by atoms with Gasteiger partial charge in [0.2, 0.25) is 35.4 Å². The van der Waals surface area contributed by atoms with E-state index < -0.39 is 96.1 Å². The zero-order valence-corrected chi connectivity index (χ0v) is 38.9. The number of hydrogen-bond acceptors (Lipinski definition) is 13. The van der Waals surface area contributed by atoms with E-state index in [4.69, 9.17) is 10.8 Å². The fourth-order valence-electron chi connectivity index (χ4n) is 6.59. The molecule has 1 heterocycles. The number of phenols is 1. The van der Waals surface area contributed by atoms with E-state index in [9.17, 15) is 48.6 Å². The number of aromatic hydroxyl groups is 1. The molecular formula is C44H61N9O11S2. The standard InChI is InChI=1S/C44H61N9O11S2/c1-25(2)18-33(41(60)49-32(15-17-66-4)40(59)53-36(44(63)64)22-37(55)56)50-43(62)35(21-28-23-46-24-47-28)52-42(61)34(20-26-8-6-5-7-9-26)51-39(58)31(14-16-65-3)48-38(57)30(45)19-27-10-12-29(54)13-11-27/h5-13,23-25,30-36,54H,14-22,45H2,1-4H3,(H,46,47)(H,48,57)(H,49,60)(H,50,62)(H,51,58)(H,52,61)(H,53,59)(H,55,56)(H,63,64)/t30-,31-,32-,33-,34-,35-,36-/m0/s1. The van der Waals surface area contributed by atoms with E-state index in [-0.39, 0.29) is 50.2 Å². The molecule has 0 radical (unpaired) electrons. The summed E-state index contributed by atoms with van der Waals surface area (Å²) in [7, 11) is 0. The topological polar surface area (TPSA) is 324 Å². The van der Waals surface area contributed by atoms with Gasteiger partial charge in [0.1, 0.15) is 42.0 Å². The van der Waals surface area contributed by atoms with Crippen LogP contribution in [-0.2, 0) is 57.6 Å². The van der Waals surface area contributed by atoms with Gasteiger partial charge in [-0.05, 0) is 78.9 Å². The van der Waals surface area contributed by atoms with Crippen molar-refractivity contribution in [3.05, 3.63) is 83.9 Å². The fourth-order valence-corrected chi connectivity index (χ4v) is 7.53.